The number of aromatic nitrogens is 6. The van der Waals surface area contributed by atoms with Crippen molar-refractivity contribution in [3.8, 4) is 12.0 Å². The molecule has 0 radical (unpaired) electrons. The molecule has 0 aromatic carbocycles. The largest absolute Gasteiger partial charge is 0.368 e. The van der Waals surface area contributed by atoms with E-state index in [2.05, 4.69) is 26.1 Å². The fourth-order valence-corrected chi connectivity index (χ4v) is 2.35. The molecule has 20 heavy (non-hydrogen) atoms. The summed E-state index contributed by atoms with van der Waals surface area (Å²) in [7, 11) is 0. The number of nitriles is 1. The SMILES string of the molecule is N#Cc1cncc2nc(-n3ncnc3N)n(C3CC3)c12. The monoisotopic (exact) mass is 266 g/mol. The molecular weight excluding hydrogens is 256 g/mol. The predicted molar refractivity (Wildman–Crippen MR) is 69.8 cm³/mol. The standard InChI is InChI=1S/C12H10N8/c13-3-7-4-15-5-9-10(7)19(8-1-2-8)12(18-9)20-11(14)16-6-17-20/h4-6,8H,1-2H2,(H2,14,16,17). The molecule has 2 N–H and O–H groups in total. The minimum Gasteiger partial charge on any atom is -0.368 e. The number of hydrogen-bond acceptors (Lipinski definition) is 6. The van der Waals surface area contributed by atoms with Gasteiger partial charge in [-0.25, -0.2) is 4.98 Å². The van der Waals surface area contributed by atoms with Crippen LogP contribution in [-0.4, -0.2) is 29.3 Å². The van der Waals surface area contributed by atoms with E-state index in [1.807, 2.05) is 4.57 Å². The summed E-state index contributed by atoms with van der Waals surface area (Å²) in [6, 6.07) is 2.49. The number of imidazole rings is 1. The summed E-state index contributed by atoms with van der Waals surface area (Å²) in [6.45, 7) is 0. The van der Waals surface area contributed by atoms with Gasteiger partial charge in [-0.1, -0.05) is 0 Å². The van der Waals surface area contributed by atoms with E-state index in [1.54, 1.807) is 12.4 Å². The topological polar surface area (TPSA) is 111 Å². The fourth-order valence-electron chi connectivity index (χ4n) is 2.35. The molecule has 0 unspecified atom stereocenters. The smallest absolute Gasteiger partial charge is 0.235 e. The van der Waals surface area contributed by atoms with Gasteiger partial charge in [0, 0.05) is 12.2 Å². The van der Waals surface area contributed by atoms with Gasteiger partial charge in [-0.3, -0.25) is 4.98 Å². The van der Waals surface area contributed by atoms with Crippen LogP contribution in [0.3, 0.4) is 0 Å². The Hall–Kier alpha value is -2.95. The molecule has 4 rings (SSSR count). The van der Waals surface area contributed by atoms with Crippen molar-refractivity contribution in [2.24, 2.45) is 0 Å². The van der Waals surface area contributed by atoms with E-state index in [-0.39, 0.29) is 5.95 Å². The van der Waals surface area contributed by atoms with E-state index in [0.717, 1.165) is 18.4 Å². The number of rotatable bonds is 2. The van der Waals surface area contributed by atoms with Gasteiger partial charge in [-0.2, -0.15) is 20.0 Å². The lowest BCUT2D eigenvalue weighted by Gasteiger charge is -2.08. The van der Waals surface area contributed by atoms with Crippen LogP contribution in [0.15, 0.2) is 18.7 Å². The third-order valence-corrected chi connectivity index (χ3v) is 3.37. The van der Waals surface area contributed by atoms with E-state index >= 15 is 0 Å². The molecule has 1 fully saturated rings. The Bertz CT molecular complexity index is 848. The van der Waals surface area contributed by atoms with E-state index in [1.165, 1.54) is 11.0 Å². The third-order valence-electron chi connectivity index (χ3n) is 3.37. The van der Waals surface area contributed by atoms with Crippen LogP contribution in [0.2, 0.25) is 0 Å². The number of pyridine rings is 1. The van der Waals surface area contributed by atoms with E-state index < -0.39 is 0 Å². The highest BCUT2D eigenvalue weighted by atomic mass is 15.4. The van der Waals surface area contributed by atoms with Crippen molar-refractivity contribution in [3.63, 3.8) is 0 Å². The molecule has 1 aliphatic carbocycles. The molecule has 0 saturated heterocycles. The van der Waals surface area contributed by atoms with E-state index in [0.29, 0.717) is 23.1 Å². The minimum atomic E-state index is 0.272. The summed E-state index contributed by atoms with van der Waals surface area (Å²) < 4.78 is 3.50. The van der Waals surface area contributed by atoms with Crippen molar-refractivity contribution >= 4 is 17.0 Å². The molecule has 3 heterocycles. The maximum atomic E-state index is 9.27. The van der Waals surface area contributed by atoms with Gasteiger partial charge in [0.25, 0.3) is 0 Å². The Balaban J connectivity index is 2.10. The first-order chi connectivity index (χ1) is 9.79. The molecule has 0 amide bonds. The predicted octanol–water partition coefficient (Wildman–Crippen LogP) is 0.801. The quantitative estimate of drug-likeness (QED) is 0.734. The lowest BCUT2D eigenvalue weighted by molar-refractivity contribution is 0.692. The summed E-state index contributed by atoms with van der Waals surface area (Å²) in [4.78, 5) is 12.5. The van der Waals surface area contributed by atoms with Crippen molar-refractivity contribution in [3.05, 3.63) is 24.3 Å². The van der Waals surface area contributed by atoms with Crippen LogP contribution in [-0.2, 0) is 0 Å². The van der Waals surface area contributed by atoms with Gasteiger partial charge in [0.15, 0.2) is 0 Å². The van der Waals surface area contributed by atoms with E-state index in [9.17, 15) is 5.26 Å². The van der Waals surface area contributed by atoms with E-state index in [4.69, 9.17) is 5.73 Å². The van der Waals surface area contributed by atoms with Crippen molar-refractivity contribution < 1.29 is 0 Å². The number of anilines is 1. The van der Waals surface area contributed by atoms with Crippen LogP contribution in [0.5, 0.6) is 0 Å². The number of nitrogens with zero attached hydrogens (tertiary/aromatic N) is 7. The molecule has 98 valence electrons. The normalized spacial score (nSPS) is 14.6. The second kappa shape index (κ2) is 3.77. The number of nitrogens with two attached hydrogens (primary N) is 1. The van der Waals surface area contributed by atoms with Gasteiger partial charge < -0.3 is 10.3 Å². The molecule has 8 nitrogen and oxygen atoms in total. The number of nitrogen functional groups attached to an aromatic ring is 1. The summed E-state index contributed by atoms with van der Waals surface area (Å²) in [5.41, 5.74) is 7.77. The highest BCUT2D eigenvalue weighted by Gasteiger charge is 2.31. The van der Waals surface area contributed by atoms with Gasteiger partial charge in [0.2, 0.25) is 11.9 Å². The van der Waals surface area contributed by atoms with Crippen molar-refractivity contribution in [2.45, 2.75) is 18.9 Å². The van der Waals surface area contributed by atoms with Crippen molar-refractivity contribution in [1.29, 1.82) is 5.26 Å². The Kier molecular flexibility index (Phi) is 2.06. The van der Waals surface area contributed by atoms with Crippen LogP contribution in [0.25, 0.3) is 17.0 Å². The molecule has 0 spiro atoms. The minimum absolute atomic E-state index is 0.272. The Morgan fingerprint density at radius 3 is 2.85 bits per heavy atom. The molecular formula is C12H10N8. The third kappa shape index (κ3) is 1.40. The van der Waals surface area contributed by atoms with Crippen LogP contribution in [0.4, 0.5) is 5.95 Å². The second-order valence-electron chi connectivity index (χ2n) is 4.71. The first kappa shape index (κ1) is 10.9. The van der Waals surface area contributed by atoms with Crippen molar-refractivity contribution in [2.75, 3.05) is 5.73 Å². The first-order valence-corrected chi connectivity index (χ1v) is 6.21. The molecule has 0 atom stereocenters. The molecule has 1 aliphatic rings. The van der Waals surface area contributed by atoms with Gasteiger partial charge in [0.1, 0.15) is 17.9 Å². The summed E-state index contributed by atoms with van der Waals surface area (Å²) >= 11 is 0. The Morgan fingerprint density at radius 1 is 1.35 bits per heavy atom. The van der Waals surface area contributed by atoms with Gasteiger partial charge in [-0.15, -0.1) is 0 Å². The molecule has 3 aromatic rings. The number of fused-ring (bicyclic) bond motifs is 1. The lowest BCUT2D eigenvalue weighted by Crippen LogP contribution is -2.10. The summed E-state index contributed by atoms with van der Waals surface area (Å²) in [5, 5.41) is 13.4. The zero-order valence-corrected chi connectivity index (χ0v) is 10.4. The van der Waals surface area contributed by atoms with Crippen LogP contribution >= 0.6 is 0 Å². The Morgan fingerprint density at radius 2 is 2.20 bits per heavy atom. The highest BCUT2D eigenvalue weighted by molar-refractivity contribution is 5.82. The average molecular weight is 266 g/mol. The molecule has 0 aliphatic heterocycles. The van der Waals surface area contributed by atoms with Gasteiger partial charge >= 0.3 is 0 Å². The fraction of sp³-hybridized carbons (Fsp3) is 0.250. The van der Waals surface area contributed by atoms with Crippen molar-refractivity contribution in [1.82, 2.24) is 29.3 Å². The lowest BCUT2D eigenvalue weighted by atomic mass is 10.2. The zero-order valence-electron chi connectivity index (χ0n) is 10.4. The first-order valence-electron chi connectivity index (χ1n) is 6.21. The highest BCUT2D eigenvalue weighted by Crippen LogP contribution is 2.40. The number of hydrogen-bond donors (Lipinski definition) is 1. The van der Waals surface area contributed by atoms with Crippen LogP contribution < -0.4 is 5.73 Å². The average Bonchev–Trinajstić information content (AvgIpc) is 3.09. The maximum absolute atomic E-state index is 9.27. The zero-order chi connectivity index (χ0) is 13.7. The van der Waals surface area contributed by atoms with Crippen LogP contribution in [0, 0.1) is 11.3 Å². The molecule has 8 heteroatoms. The summed E-state index contributed by atoms with van der Waals surface area (Å²) in [5.74, 6) is 0.857. The maximum Gasteiger partial charge on any atom is 0.235 e. The molecule has 3 aromatic heterocycles. The second-order valence-corrected chi connectivity index (χ2v) is 4.71. The Labute approximate surface area is 113 Å². The van der Waals surface area contributed by atoms with Crippen LogP contribution in [0.1, 0.15) is 24.4 Å². The molecule has 0 bridgehead atoms. The summed E-state index contributed by atoms with van der Waals surface area (Å²) in [6.07, 6.45) is 6.69. The van der Waals surface area contributed by atoms with Gasteiger partial charge in [-0.05, 0) is 12.8 Å². The van der Waals surface area contributed by atoms with Gasteiger partial charge in [0.05, 0.1) is 17.3 Å². The molecule has 1 saturated carbocycles.